The molecule has 0 aliphatic rings. The molecule has 0 aromatic heterocycles. The summed E-state index contributed by atoms with van der Waals surface area (Å²) in [4.78, 5) is 3.65. The summed E-state index contributed by atoms with van der Waals surface area (Å²) in [6.07, 6.45) is 12.1. The number of rotatable bonds is 14. The minimum atomic E-state index is -3.56. The highest BCUT2D eigenvalue weighted by Gasteiger charge is 2.11. The highest BCUT2D eigenvalue weighted by atomic mass is 32.2. The molecule has 0 saturated heterocycles. The maximum absolute atomic E-state index is 11.5. The van der Waals surface area contributed by atoms with Crippen LogP contribution in [-0.2, 0) is 20.0 Å². The third-order valence-corrected chi connectivity index (χ3v) is 4.99. The average Bonchev–Trinajstić information content (AvgIpc) is 2.38. The number of hydrogen-bond donors (Lipinski definition) is 2. The van der Waals surface area contributed by atoms with Gasteiger partial charge in [0.15, 0.2) is 0 Å². The van der Waals surface area contributed by atoms with Crippen molar-refractivity contribution in [2.24, 2.45) is 0 Å². The highest BCUT2D eigenvalue weighted by Crippen LogP contribution is 2.10. The van der Waals surface area contributed by atoms with Crippen LogP contribution in [0.15, 0.2) is 0 Å². The number of nitrogens with one attached hydrogen (secondary N) is 2. The number of hydrogen-bond acceptors (Lipinski definition) is 4. The van der Waals surface area contributed by atoms with Gasteiger partial charge in [0.25, 0.3) is 0 Å². The van der Waals surface area contributed by atoms with Gasteiger partial charge in [0, 0.05) is 0 Å². The van der Waals surface area contributed by atoms with E-state index in [0.717, 1.165) is 25.5 Å². The second-order valence-corrected chi connectivity index (χ2v) is 9.07. The Morgan fingerprint density at radius 3 is 1.52 bits per heavy atom. The van der Waals surface area contributed by atoms with E-state index in [1.54, 1.807) is 4.83 Å². The van der Waals surface area contributed by atoms with Crippen molar-refractivity contribution in [1.82, 2.24) is 9.66 Å². The zero-order valence-electron chi connectivity index (χ0n) is 13.2. The summed E-state index contributed by atoms with van der Waals surface area (Å²) in [5, 5.41) is 0. The first-order valence-electron chi connectivity index (χ1n) is 7.73. The Morgan fingerprint density at radius 1 is 0.667 bits per heavy atom. The molecule has 6 nitrogen and oxygen atoms in total. The van der Waals surface area contributed by atoms with Gasteiger partial charge in [-0.1, -0.05) is 64.7 Å². The summed E-state index contributed by atoms with van der Waals surface area (Å²) in [7, 11) is -7.11. The van der Waals surface area contributed by atoms with Crippen molar-refractivity contribution in [3.05, 3.63) is 0 Å². The fraction of sp³-hybridized carbons (Fsp3) is 1.00. The lowest BCUT2D eigenvalue weighted by atomic mass is 10.1. The predicted octanol–water partition coefficient (Wildman–Crippen LogP) is 2.29. The second kappa shape index (κ2) is 11.4. The van der Waals surface area contributed by atoms with Crippen molar-refractivity contribution in [2.75, 3.05) is 12.0 Å². The van der Waals surface area contributed by atoms with E-state index in [1.165, 1.54) is 38.5 Å². The average molecular weight is 343 g/mol. The molecule has 0 saturated carbocycles. The van der Waals surface area contributed by atoms with Crippen LogP contribution in [0.2, 0.25) is 0 Å². The van der Waals surface area contributed by atoms with E-state index in [2.05, 4.69) is 6.92 Å². The molecule has 0 heterocycles. The van der Waals surface area contributed by atoms with Gasteiger partial charge in [-0.2, -0.15) is 0 Å². The number of unbranched alkanes of at least 4 members (excludes halogenated alkanes) is 9. The second-order valence-electron chi connectivity index (χ2n) is 5.48. The monoisotopic (exact) mass is 342 g/mol. The molecule has 0 aromatic carbocycles. The SMILES string of the molecule is CCCCCCCCCCCCS(=O)(=O)NNS(C)(=O)=O. The summed E-state index contributed by atoms with van der Waals surface area (Å²) >= 11 is 0. The van der Waals surface area contributed by atoms with Crippen LogP contribution in [0.3, 0.4) is 0 Å². The van der Waals surface area contributed by atoms with Gasteiger partial charge in [0.05, 0.1) is 12.0 Å². The van der Waals surface area contributed by atoms with Crippen molar-refractivity contribution < 1.29 is 16.8 Å². The Morgan fingerprint density at radius 2 is 1.10 bits per heavy atom. The first kappa shape index (κ1) is 20.8. The Bertz CT molecular complexity index is 447. The topological polar surface area (TPSA) is 92.3 Å². The summed E-state index contributed by atoms with van der Waals surface area (Å²) in [5.74, 6) is -0.0496. The normalized spacial score (nSPS) is 12.7. The van der Waals surface area contributed by atoms with Crippen molar-refractivity contribution in [3.8, 4) is 0 Å². The van der Waals surface area contributed by atoms with Gasteiger partial charge >= 0.3 is 0 Å². The number of sulfonamides is 2. The van der Waals surface area contributed by atoms with Crippen molar-refractivity contribution in [2.45, 2.75) is 71.1 Å². The molecule has 2 N–H and O–H groups in total. The molecule has 0 aliphatic heterocycles. The highest BCUT2D eigenvalue weighted by molar-refractivity contribution is 7.92. The molecule has 21 heavy (non-hydrogen) atoms. The fourth-order valence-corrected chi connectivity index (χ4v) is 3.77. The van der Waals surface area contributed by atoms with Crippen LogP contribution in [0.5, 0.6) is 0 Å². The zero-order valence-corrected chi connectivity index (χ0v) is 14.9. The van der Waals surface area contributed by atoms with Gasteiger partial charge in [-0.05, 0) is 6.42 Å². The van der Waals surface area contributed by atoms with Crippen LogP contribution in [0.25, 0.3) is 0 Å². The van der Waals surface area contributed by atoms with Crippen LogP contribution >= 0.6 is 0 Å². The molecular formula is C13H30N2O4S2. The van der Waals surface area contributed by atoms with Gasteiger partial charge in [-0.15, -0.1) is 9.66 Å². The zero-order chi connectivity index (χ0) is 16.2. The summed E-state index contributed by atoms with van der Waals surface area (Å²) in [6.45, 7) is 2.20. The third kappa shape index (κ3) is 16.0. The van der Waals surface area contributed by atoms with E-state index >= 15 is 0 Å². The van der Waals surface area contributed by atoms with E-state index in [9.17, 15) is 16.8 Å². The first-order chi connectivity index (χ1) is 9.77. The Hall–Kier alpha value is -0.180. The maximum Gasteiger partial charge on any atom is 0.225 e. The van der Waals surface area contributed by atoms with Crippen molar-refractivity contribution in [3.63, 3.8) is 0 Å². The molecule has 0 amide bonds. The molecular weight excluding hydrogens is 312 g/mol. The molecule has 0 aromatic rings. The van der Waals surface area contributed by atoms with Gasteiger partial charge in [-0.3, -0.25) is 0 Å². The van der Waals surface area contributed by atoms with E-state index in [-0.39, 0.29) is 5.75 Å². The molecule has 0 bridgehead atoms. The van der Waals surface area contributed by atoms with E-state index in [0.29, 0.717) is 6.42 Å². The molecule has 128 valence electrons. The molecule has 0 radical (unpaired) electrons. The lowest BCUT2D eigenvalue weighted by Crippen LogP contribution is -2.42. The van der Waals surface area contributed by atoms with Crippen LogP contribution in [-0.4, -0.2) is 28.8 Å². The van der Waals surface area contributed by atoms with Gasteiger partial charge in [0.1, 0.15) is 0 Å². The van der Waals surface area contributed by atoms with Crippen molar-refractivity contribution in [1.29, 1.82) is 0 Å². The van der Waals surface area contributed by atoms with Gasteiger partial charge in [0.2, 0.25) is 20.0 Å². The molecule has 8 heteroatoms. The molecule has 0 aliphatic carbocycles. The predicted molar refractivity (Wildman–Crippen MR) is 86.7 cm³/mol. The Kier molecular flexibility index (Phi) is 11.3. The smallest absolute Gasteiger partial charge is 0.211 e. The molecule has 0 spiro atoms. The van der Waals surface area contributed by atoms with Crippen LogP contribution < -0.4 is 9.66 Å². The quantitative estimate of drug-likeness (QED) is 0.374. The largest absolute Gasteiger partial charge is 0.225 e. The van der Waals surface area contributed by atoms with E-state index in [1.807, 2.05) is 4.83 Å². The van der Waals surface area contributed by atoms with Crippen molar-refractivity contribution >= 4 is 20.0 Å². The third-order valence-electron chi connectivity index (χ3n) is 3.15. The van der Waals surface area contributed by atoms with E-state index < -0.39 is 20.0 Å². The summed E-state index contributed by atoms with van der Waals surface area (Å²) in [5.41, 5.74) is 0. The number of hydrazine groups is 1. The van der Waals surface area contributed by atoms with Crippen LogP contribution in [0, 0.1) is 0 Å². The standard InChI is InChI=1S/C13H30N2O4S2/c1-3-4-5-6-7-8-9-10-11-12-13-21(18,19)15-14-20(2,16)17/h14-15H,3-13H2,1-2H3. The maximum atomic E-state index is 11.5. The fourth-order valence-electron chi connectivity index (χ4n) is 1.97. The summed E-state index contributed by atoms with van der Waals surface area (Å²) < 4.78 is 44.5. The van der Waals surface area contributed by atoms with E-state index in [4.69, 9.17) is 0 Å². The van der Waals surface area contributed by atoms with Gasteiger partial charge < -0.3 is 0 Å². The minimum Gasteiger partial charge on any atom is -0.211 e. The lowest BCUT2D eigenvalue weighted by Gasteiger charge is -2.06. The van der Waals surface area contributed by atoms with Crippen LogP contribution in [0.4, 0.5) is 0 Å². The van der Waals surface area contributed by atoms with Crippen LogP contribution in [0.1, 0.15) is 71.1 Å². The Balaban J connectivity index is 3.49. The molecule has 0 unspecified atom stereocenters. The molecule has 0 fully saturated rings. The lowest BCUT2D eigenvalue weighted by molar-refractivity contribution is 0.549. The Labute approximate surface area is 130 Å². The first-order valence-corrected chi connectivity index (χ1v) is 11.3. The minimum absolute atomic E-state index is 0.0496. The molecule has 0 rings (SSSR count). The summed E-state index contributed by atoms with van der Waals surface area (Å²) in [6, 6.07) is 0. The van der Waals surface area contributed by atoms with Gasteiger partial charge in [-0.25, -0.2) is 16.8 Å². The molecule has 0 atom stereocenters.